The third kappa shape index (κ3) is 5.58. The molecule has 0 aliphatic carbocycles. The first kappa shape index (κ1) is 21.0. The molecule has 2 amide bonds. The highest BCUT2D eigenvalue weighted by Gasteiger charge is 2.27. The van der Waals surface area contributed by atoms with E-state index in [0.29, 0.717) is 21.4 Å². The normalized spacial score (nSPS) is 11.6. The molecule has 0 aliphatic heterocycles. The zero-order valence-corrected chi connectivity index (χ0v) is 16.4. The molecule has 8 heteroatoms. The summed E-state index contributed by atoms with van der Waals surface area (Å²) in [5.41, 5.74) is 0.534. The lowest BCUT2D eigenvalue weighted by Gasteiger charge is -2.29. The minimum absolute atomic E-state index is 0.0404. The molecule has 0 heterocycles. The van der Waals surface area contributed by atoms with Crippen molar-refractivity contribution in [1.29, 1.82) is 0 Å². The predicted octanol–water partition coefficient (Wildman–Crippen LogP) is 3.67. The first-order valence-corrected chi connectivity index (χ1v) is 8.91. The molecule has 1 atom stereocenters. The van der Waals surface area contributed by atoms with E-state index in [1.807, 2.05) is 0 Å². The van der Waals surface area contributed by atoms with Gasteiger partial charge in [0, 0.05) is 29.2 Å². The summed E-state index contributed by atoms with van der Waals surface area (Å²) in [6.45, 7) is 1.31. The fourth-order valence-electron chi connectivity index (χ4n) is 2.40. The number of nitrogens with one attached hydrogen (secondary N) is 1. The van der Waals surface area contributed by atoms with Gasteiger partial charge in [0.2, 0.25) is 5.91 Å². The lowest BCUT2D eigenvalue weighted by atomic mass is 10.1. The van der Waals surface area contributed by atoms with Gasteiger partial charge in [-0.05, 0) is 43.3 Å². The Bertz CT molecular complexity index is 795. The summed E-state index contributed by atoms with van der Waals surface area (Å²) in [7, 11) is 1.49. The van der Waals surface area contributed by atoms with Crippen LogP contribution >= 0.6 is 23.2 Å². The van der Waals surface area contributed by atoms with E-state index in [-0.39, 0.29) is 19.1 Å². The Morgan fingerprint density at radius 1 is 1.15 bits per heavy atom. The van der Waals surface area contributed by atoms with Gasteiger partial charge in [-0.25, -0.2) is 4.39 Å². The van der Waals surface area contributed by atoms with E-state index in [1.54, 1.807) is 25.1 Å². The summed E-state index contributed by atoms with van der Waals surface area (Å²) in [6, 6.07) is 9.53. The lowest BCUT2D eigenvalue weighted by molar-refractivity contribution is -0.142. The molecule has 2 aromatic rings. The molecule has 0 aromatic heterocycles. The van der Waals surface area contributed by atoms with Crippen LogP contribution in [-0.4, -0.2) is 36.4 Å². The maximum absolute atomic E-state index is 13.0. The van der Waals surface area contributed by atoms with Crippen LogP contribution < -0.4 is 10.1 Å². The second-order valence-electron chi connectivity index (χ2n) is 5.75. The van der Waals surface area contributed by atoms with Gasteiger partial charge in [-0.2, -0.15) is 0 Å². The average Bonchev–Trinajstić information content (AvgIpc) is 2.66. The summed E-state index contributed by atoms with van der Waals surface area (Å²) in [5, 5.41) is 3.30. The quantitative estimate of drug-likeness (QED) is 0.754. The molecular formula is C19H19Cl2FN2O3. The molecular weight excluding hydrogens is 394 g/mol. The van der Waals surface area contributed by atoms with Crippen molar-refractivity contribution in [3.63, 3.8) is 0 Å². The number of nitrogens with zero attached hydrogens (tertiary/aromatic N) is 1. The van der Waals surface area contributed by atoms with Crippen molar-refractivity contribution >= 4 is 35.0 Å². The van der Waals surface area contributed by atoms with E-state index in [9.17, 15) is 14.0 Å². The molecule has 0 fully saturated rings. The topological polar surface area (TPSA) is 58.6 Å². The Morgan fingerprint density at radius 3 is 2.30 bits per heavy atom. The van der Waals surface area contributed by atoms with Crippen LogP contribution in [0.25, 0.3) is 0 Å². The van der Waals surface area contributed by atoms with Crippen LogP contribution in [0, 0.1) is 5.82 Å². The molecule has 27 heavy (non-hydrogen) atoms. The van der Waals surface area contributed by atoms with E-state index >= 15 is 0 Å². The molecule has 2 aromatic carbocycles. The van der Waals surface area contributed by atoms with Crippen molar-refractivity contribution in [1.82, 2.24) is 10.2 Å². The summed E-state index contributed by atoms with van der Waals surface area (Å²) in [4.78, 5) is 26.1. The molecule has 0 radical (unpaired) electrons. The summed E-state index contributed by atoms with van der Waals surface area (Å²) >= 11 is 12.4. The van der Waals surface area contributed by atoms with Gasteiger partial charge in [0.05, 0.1) is 0 Å². The van der Waals surface area contributed by atoms with E-state index in [0.717, 1.165) is 0 Å². The van der Waals surface area contributed by atoms with Crippen LogP contribution in [0.5, 0.6) is 5.75 Å². The zero-order valence-electron chi connectivity index (χ0n) is 14.8. The third-order valence-electron chi connectivity index (χ3n) is 3.98. The van der Waals surface area contributed by atoms with Crippen molar-refractivity contribution < 1.29 is 18.7 Å². The van der Waals surface area contributed by atoms with Gasteiger partial charge in [0.15, 0.2) is 6.61 Å². The first-order valence-electron chi connectivity index (χ1n) is 8.15. The predicted molar refractivity (Wildman–Crippen MR) is 102 cm³/mol. The van der Waals surface area contributed by atoms with Gasteiger partial charge < -0.3 is 15.0 Å². The van der Waals surface area contributed by atoms with E-state index in [4.69, 9.17) is 27.9 Å². The van der Waals surface area contributed by atoms with E-state index in [1.165, 1.54) is 36.2 Å². The van der Waals surface area contributed by atoms with Gasteiger partial charge >= 0.3 is 0 Å². The van der Waals surface area contributed by atoms with Crippen molar-refractivity contribution in [2.75, 3.05) is 13.7 Å². The molecule has 0 saturated carbocycles. The molecule has 0 bridgehead atoms. The van der Waals surface area contributed by atoms with Crippen LogP contribution in [0.1, 0.15) is 12.5 Å². The monoisotopic (exact) mass is 412 g/mol. The Balaban J connectivity index is 2.19. The lowest BCUT2D eigenvalue weighted by Crippen LogP contribution is -2.48. The van der Waals surface area contributed by atoms with Gasteiger partial charge in [-0.15, -0.1) is 0 Å². The number of hydrogen-bond acceptors (Lipinski definition) is 3. The molecule has 0 spiro atoms. The number of rotatable bonds is 7. The minimum atomic E-state index is -0.772. The van der Waals surface area contributed by atoms with Gasteiger partial charge in [0.1, 0.15) is 17.6 Å². The number of halogens is 3. The van der Waals surface area contributed by atoms with Crippen LogP contribution in [0.15, 0.2) is 42.5 Å². The number of carbonyl (C=O) groups excluding carboxylic acids is 2. The summed E-state index contributed by atoms with van der Waals surface area (Å²) in [5.74, 6) is -0.843. The first-order chi connectivity index (χ1) is 12.8. The van der Waals surface area contributed by atoms with E-state index < -0.39 is 17.8 Å². The SMILES string of the molecule is CNC(=O)C(C)N(Cc1c(Cl)cccc1Cl)C(=O)COc1ccc(F)cc1. The standard InChI is InChI=1S/C19H19Cl2FN2O3/c1-12(19(26)23-2)24(10-15-16(20)4-3-5-17(15)21)18(25)11-27-14-8-6-13(22)7-9-14/h3-9,12H,10-11H2,1-2H3,(H,23,26). The van der Waals surface area contributed by atoms with Crippen molar-refractivity contribution in [2.45, 2.75) is 19.5 Å². The zero-order chi connectivity index (χ0) is 20.0. The minimum Gasteiger partial charge on any atom is -0.484 e. The molecule has 0 saturated heterocycles. The average molecular weight is 413 g/mol. The maximum Gasteiger partial charge on any atom is 0.261 e. The second-order valence-corrected chi connectivity index (χ2v) is 6.57. The maximum atomic E-state index is 13.0. The number of likely N-dealkylation sites (N-methyl/N-ethyl adjacent to an activating group) is 1. The van der Waals surface area contributed by atoms with Gasteiger partial charge in [-0.1, -0.05) is 29.3 Å². The Morgan fingerprint density at radius 2 is 1.74 bits per heavy atom. The number of hydrogen-bond donors (Lipinski definition) is 1. The van der Waals surface area contributed by atoms with Crippen molar-refractivity contribution in [3.05, 3.63) is 63.9 Å². The third-order valence-corrected chi connectivity index (χ3v) is 4.69. The Labute approximate surface area is 167 Å². The largest absolute Gasteiger partial charge is 0.484 e. The molecule has 1 N–H and O–H groups in total. The van der Waals surface area contributed by atoms with Gasteiger partial charge in [-0.3, -0.25) is 9.59 Å². The molecule has 2 rings (SSSR count). The molecule has 144 valence electrons. The number of ether oxygens (including phenoxy) is 1. The van der Waals surface area contributed by atoms with Crippen LogP contribution in [-0.2, 0) is 16.1 Å². The molecule has 0 aliphatic rings. The fourth-order valence-corrected chi connectivity index (χ4v) is 2.92. The Kier molecular flexibility index (Phi) is 7.45. The second kappa shape index (κ2) is 9.58. The smallest absolute Gasteiger partial charge is 0.261 e. The van der Waals surface area contributed by atoms with Crippen molar-refractivity contribution in [2.24, 2.45) is 0 Å². The van der Waals surface area contributed by atoms with Crippen LogP contribution in [0.3, 0.4) is 0 Å². The highest BCUT2D eigenvalue weighted by molar-refractivity contribution is 6.36. The highest BCUT2D eigenvalue weighted by Crippen LogP contribution is 2.26. The number of amides is 2. The summed E-state index contributed by atoms with van der Waals surface area (Å²) < 4.78 is 18.4. The number of benzene rings is 2. The molecule has 1 unspecified atom stereocenters. The fraction of sp³-hybridized carbons (Fsp3) is 0.263. The number of carbonyl (C=O) groups is 2. The van der Waals surface area contributed by atoms with Crippen molar-refractivity contribution in [3.8, 4) is 5.75 Å². The van der Waals surface area contributed by atoms with E-state index in [2.05, 4.69) is 5.32 Å². The molecule has 5 nitrogen and oxygen atoms in total. The van der Waals surface area contributed by atoms with Crippen LogP contribution in [0.2, 0.25) is 10.0 Å². The summed E-state index contributed by atoms with van der Waals surface area (Å²) in [6.07, 6.45) is 0. The van der Waals surface area contributed by atoms with Crippen LogP contribution in [0.4, 0.5) is 4.39 Å². The van der Waals surface area contributed by atoms with Gasteiger partial charge in [0.25, 0.3) is 5.91 Å². The highest BCUT2D eigenvalue weighted by atomic mass is 35.5. The Hall–Kier alpha value is -2.31.